The van der Waals surface area contributed by atoms with E-state index >= 15 is 0 Å². The standard InChI is InChI=1S/C9H17NO3/c1-7(5-6-11)10(8(12)13)9(2,3)4/h6-7H,5H2,1-4H3,(H,12,13)/t7-/m1/s1. The molecule has 0 bridgehead atoms. The molecule has 0 aromatic rings. The van der Waals surface area contributed by atoms with Crippen molar-refractivity contribution in [2.75, 3.05) is 0 Å². The minimum absolute atomic E-state index is 0.240. The Morgan fingerprint density at radius 1 is 1.54 bits per heavy atom. The highest BCUT2D eigenvalue weighted by atomic mass is 16.4. The number of hydrogen-bond donors (Lipinski definition) is 1. The SMILES string of the molecule is C[C@H](CC=O)N(C(=O)O)C(C)(C)C. The topological polar surface area (TPSA) is 57.6 Å². The summed E-state index contributed by atoms with van der Waals surface area (Å²) in [7, 11) is 0. The first kappa shape index (κ1) is 11.9. The molecular formula is C9H17NO3. The maximum Gasteiger partial charge on any atom is 0.407 e. The first-order valence-electron chi connectivity index (χ1n) is 4.26. The van der Waals surface area contributed by atoms with Crippen LogP contribution < -0.4 is 0 Å². The Morgan fingerprint density at radius 3 is 2.23 bits per heavy atom. The third-order valence-corrected chi connectivity index (χ3v) is 1.81. The molecule has 1 N–H and O–H groups in total. The van der Waals surface area contributed by atoms with Crippen LogP contribution in [0.3, 0.4) is 0 Å². The predicted molar refractivity (Wildman–Crippen MR) is 49.8 cm³/mol. The van der Waals surface area contributed by atoms with Crippen molar-refractivity contribution in [2.24, 2.45) is 0 Å². The lowest BCUT2D eigenvalue weighted by Gasteiger charge is -2.37. The summed E-state index contributed by atoms with van der Waals surface area (Å²) in [6.07, 6.45) is -0.00234. The summed E-state index contributed by atoms with van der Waals surface area (Å²) in [5.41, 5.74) is -0.464. The van der Waals surface area contributed by atoms with E-state index in [0.29, 0.717) is 0 Å². The molecule has 0 fully saturated rings. The molecule has 0 heterocycles. The molecule has 0 unspecified atom stereocenters. The van der Waals surface area contributed by atoms with Gasteiger partial charge in [0.25, 0.3) is 0 Å². The van der Waals surface area contributed by atoms with Crippen molar-refractivity contribution in [3.8, 4) is 0 Å². The van der Waals surface area contributed by atoms with Crippen LogP contribution in [-0.4, -0.2) is 34.0 Å². The maximum absolute atomic E-state index is 10.9. The van der Waals surface area contributed by atoms with Gasteiger partial charge in [0.1, 0.15) is 6.29 Å². The van der Waals surface area contributed by atoms with Gasteiger partial charge in [-0.05, 0) is 27.7 Å². The van der Waals surface area contributed by atoms with Crippen LogP contribution in [0.15, 0.2) is 0 Å². The van der Waals surface area contributed by atoms with Gasteiger partial charge in [0.05, 0.1) is 0 Å². The number of carbonyl (C=O) groups excluding carboxylic acids is 1. The number of rotatable bonds is 3. The first-order chi connectivity index (χ1) is 5.80. The molecule has 0 rings (SSSR count). The highest BCUT2D eigenvalue weighted by Crippen LogP contribution is 2.18. The van der Waals surface area contributed by atoms with Gasteiger partial charge in [-0.2, -0.15) is 0 Å². The molecule has 0 aliphatic heterocycles. The Kier molecular flexibility index (Phi) is 3.91. The van der Waals surface area contributed by atoms with E-state index in [1.54, 1.807) is 6.92 Å². The lowest BCUT2D eigenvalue weighted by atomic mass is 10.0. The maximum atomic E-state index is 10.9. The van der Waals surface area contributed by atoms with Gasteiger partial charge in [0.15, 0.2) is 0 Å². The van der Waals surface area contributed by atoms with E-state index in [1.165, 1.54) is 4.90 Å². The molecule has 0 spiro atoms. The third kappa shape index (κ3) is 3.44. The van der Waals surface area contributed by atoms with E-state index in [4.69, 9.17) is 5.11 Å². The molecule has 0 aliphatic carbocycles. The number of carboxylic acid groups (broad SMARTS) is 1. The molecular weight excluding hydrogens is 170 g/mol. The van der Waals surface area contributed by atoms with Crippen LogP contribution in [0.1, 0.15) is 34.1 Å². The molecule has 4 heteroatoms. The van der Waals surface area contributed by atoms with E-state index in [1.807, 2.05) is 20.8 Å². The highest BCUT2D eigenvalue weighted by molar-refractivity contribution is 5.67. The summed E-state index contributed by atoms with van der Waals surface area (Å²) in [5, 5.41) is 8.92. The van der Waals surface area contributed by atoms with Crippen LogP contribution in [0.2, 0.25) is 0 Å². The average molecular weight is 187 g/mol. The van der Waals surface area contributed by atoms with Gasteiger partial charge in [-0.3, -0.25) is 0 Å². The Hall–Kier alpha value is -1.06. The van der Waals surface area contributed by atoms with Crippen molar-refractivity contribution in [1.82, 2.24) is 4.90 Å². The number of carbonyl (C=O) groups is 2. The van der Waals surface area contributed by atoms with Crippen LogP contribution in [-0.2, 0) is 4.79 Å². The number of amides is 1. The Balaban J connectivity index is 4.61. The Labute approximate surface area is 78.5 Å². The normalized spacial score (nSPS) is 13.5. The van der Waals surface area contributed by atoms with Crippen molar-refractivity contribution < 1.29 is 14.7 Å². The zero-order chi connectivity index (χ0) is 10.6. The molecule has 0 saturated carbocycles. The summed E-state index contributed by atoms with van der Waals surface area (Å²) in [6, 6.07) is -0.269. The fraction of sp³-hybridized carbons (Fsp3) is 0.778. The molecule has 0 aromatic carbocycles. The van der Waals surface area contributed by atoms with Gasteiger partial charge in [-0.15, -0.1) is 0 Å². The fourth-order valence-corrected chi connectivity index (χ4v) is 1.38. The minimum Gasteiger partial charge on any atom is -0.465 e. The third-order valence-electron chi connectivity index (χ3n) is 1.81. The lowest BCUT2D eigenvalue weighted by molar-refractivity contribution is -0.108. The molecule has 4 nitrogen and oxygen atoms in total. The summed E-state index contributed by atoms with van der Waals surface area (Å²) < 4.78 is 0. The van der Waals surface area contributed by atoms with Crippen LogP contribution in [0.5, 0.6) is 0 Å². The molecule has 0 radical (unpaired) electrons. The molecule has 0 aromatic heterocycles. The summed E-state index contributed by atoms with van der Waals surface area (Å²) >= 11 is 0. The van der Waals surface area contributed by atoms with Crippen LogP contribution in [0.4, 0.5) is 4.79 Å². The second kappa shape index (κ2) is 4.25. The van der Waals surface area contributed by atoms with Gasteiger partial charge >= 0.3 is 6.09 Å². The van der Waals surface area contributed by atoms with Gasteiger partial charge in [0, 0.05) is 18.0 Å². The lowest BCUT2D eigenvalue weighted by Crippen LogP contribution is -2.50. The number of aldehydes is 1. The number of hydrogen-bond acceptors (Lipinski definition) is 2. The monoisotopic (exact) mass is 187 g/mol. The second-order valence-corrected chi connectivity index (χ2v) is 4.07. The Morgan fingerprint density at radius 2 is 2.00 bits per heavy atom. The van der Waals surface area contributed by atoms with Gasteiger partial charge in [0.2, 0.25) is 0 Å². The second-order valence-electron chi connectivity index (χ2n) is 4.07. The van der Waals surface area contributed by atoms with E-state index in [0.717, 1.165) is 6.29 Å². The van der Waals surface area contributed by atoms with Crippen LogP contribution >= 0.6 is 0 Å². The zero-order valence-electron chi connectivity index (χ0n) is 8.57. The van der Waals surface area contributed by atoms with Crippen LogP contribution in [0.25, 0.3) is 0 Å². The molecule has 1 amide bonds. The number of nitrogens with zero attached hydrogens (tertiary/aromatic N) is 1. The van der Waals surface area contributed by atoms with Gasteiger partial charge in [-0.1, -0.05) is 0 Å². The van der Waals surface area contributed by atoms with E-state index < -0.39 is 11.6 Å². The van der Waals surface area contributed by atoms with Crippen molar-refractivity contribution >= 4 is 12.4 Å². The summed E-state index contributed by atoms with van der Waals surface area (Å²) in [6.45, 7) is 7.15. The quantitative estimate of drug-likeness (QED) is 0.685. The predicted octanol–water partition coefficient (Wildman–Crippen LogP) is 1.74. The largest absolute Gasteiger partial charge is 0.465 e. The molecule has 13 heavy (non-hydrogen) atoms. The van der Waals surface area contributed by atoms with Crippen molar-refractivity contribution in [1.29, 1.82) is 0 Å². The average Bonchev–Trinajstić information content (AvgIpc) is 1.82. The van der Waals surface area contributed by atoms with Gasteiger partial charge in [-0.25, -0.2) is 4.79 Å². The first-order valence-corrected chi connectivity index (χ1v) is 4.26. The zero-order valence-corrected chi connectivity index (χ0v) is 8.57. The van der Waals surface area contributed by atoms with Crippen LogP contribution in [0, 0.1) is 0 Å². The van der Waals surface area contributed by atoms with Gasteiger partial charge < -0.3 is 14.8 Å². The van der Waals surface area contributed by atoms with E-state index in [9.17, 15) is 9.59 Å². The molecule has 76 valence electrons. The molecule has 0 aliphatic rings. The summed E-state index contributed by atoms with van der Waals surface area (Å²) in [5.74, 6) is 0. The van der Waals surface area contributed by atoms with E-state index in [2.05, 4.69) is 0 Å². The molecule has 0 saturated heterocycles. The fourth-order valence-electron chi connectivity index (χ4n) is 1.38. The minimum atomic E-state index is -0.984. The van der Waals surface area contributed by atoms with Crippen molar-refractivity contribution in [3.63, 3.8) is 0 Å². The van der Waals surface area contributed by atoms with Crippen molar-refractivity contribution in [2.45, 2.75) is 45.7 Å². The summed E-state index contributed by atoms with van der Waals surface area (Å²) in [4.78, 5) is 22.4. The smallest absolute Gasteiger partial charge is 0.407 e. The Bertz CT molecular complexity index is 196. The van der Waals surface area contributed by atoms with Crippen molar-refractivity contribution in [3.05, 3.63) is 0 Å². The highest BCUT2D eigenvalue weighted by Gasteiger charge is 2.30. The van der Waals surface area contributed by atoms with E-state index in [-0.39, 0.29) is 12.5 Å². The molecule has 1 atom stereocenters.